The first kappa shape index (κ1) is 38.7. The quantitative estimate of drug-likeness (QED) is 0.122. The number of likely N-dealkylation sites (tertiary alicyclic amines) is 1. The van der Waals surface area contributed by atoms with Gasteiger partial charge in [-0.15, -0.1) is 0 Å². The highest BCUT2D eigenvalue weighted by molar-refractivity contribution is 6.11. The summed E-state index contributed by atoms with van der Waals surface area (Å²) < 4.78 is 27.5. The van der Waals surface area contributed by atoms with Crippen molar-refractivity contribution in [2.45, 2.75) is 51.7 Å². The minimum Gasteiger partial charge on any atom is -0.467 e. The molecular weight excluding hydrogens is 658 g/mol. The van der Waals surface area contributed by atoms with E-state index in [2.05, 4.69) is 5.32 Å². The van der Waals surface area contributed by atoms with Gasteiger partial charge in [0.25, 0.3) is 5.91 Å². The fraction of sp³-hybridized carbons (Fsp3) is 0.421. The maximum absolute atomic E-state index is 13.7. The van der Waals surface area contributed by atoms with Crippen molar-refractivity contribution < 1.29 is 48.0 Å². The standard InChI is InChI=1S/C38H47N3O10/c1-7-24-18-28(19-25(8-2)35(24)50-23-48-6)36(43)39-31-21-41(38(45)46)17-9-10-33(31)51-37(44)27-13-11-26(12-14-27)34(42)30-20-29(40(3)4)15-16-32(30)49-22-47-5/h11-16,18-20,31,33H,7-10,17,21-23H2,1-6H3,(H,39,43)(H,45,46)/t31-,33-/m1/s1. The molecule has 3 aromatic carbocycles. The number of ether oxygens (including phenoxy) is 5. The van der Waals surface area contributed by atoms with E-state index in [0.29, 0.717) is 53.9 Å². The molecule has 0 aliphatic carbocycles. The summed E-state index contributed by atoms with van der Waals surface area (Å²) in [5.74, 6) is -0.361. The van der Waals surface area contributed by atoms with Gasteiger partial charge in [-0.2, -0.15) is 0 Å². The van der Waals surface area contributed by atoms with Gasteiger partial charge in [-0.3, -0.25) is 9.59 Å². The van der Waals surface area contributed by atoms with Gasteiger partial charge in [0.05, 0.1) is 17.2 Å². The van der Waals surface area contributed by atoms with Crippen LogP contribution in [0.15, 0.2) is 54.6 Å². The number of carboxylic acid groups (broad SMARTS) is 1. The van der Waals surface area contributed by atoms with Crippen LogP contribution in [0.25, 0.3) is 0 Å². The molecule has 0 unspecified atom stereocenters. The first-order chi connectivity index (χ1) is 24.5. The van der Waals surface area contributed by atoms with Crippen LogP contribution in [0.2, 0.25) is 0 Å². The average molecular weight is 706 g/mol. The van der Waals surface area contributed by atoms with E-state index in [1.54, 1.807) is 24.3 Å². The van der Waals surface area contributed by atoms with Crippen molar-refractivity contribution in [2.75, 3.05) is 59.9 Å². The Bertz CT molecular complexity index is 1670. The molecule has 1 heterocycles. The molecule has 13 nitrogen and oxygen atoms in total. The molecule has 2 amide bonds. The third kappa shape index (κ3) is 9.77. The lowest BCUT2D eigenvalue weighted by atomic mass is 9.99. The van der Waals surface area contributed by atoms with Gasteiger partial charge in [0.15, 0.2) is 19.4 Å². The number of carbonyl (C=O) groups excluding carboxylic acids is 3. The van der Waals surface area contributed by atoms with Crippen LogP contribution < -0.4 is 19.7 Å². The molecule has 4 rings (SSSR count). The number of methoxy groups -OCH3 is 2. The lowest BCUT2D eigenvalue weighted by molar-refractivity contribution is 0.0179. The lowest BCUT2D eigenvalue weighted by Crippen LogP contribution is -2.51. The number of ketones is 1. The number of nitrogens with one attached hydrogen (secondary N) is 1. The van der Waals surface area contributed by atoms with E-state index in [-0.39, 0.29) is 38.0 Å². The van der Waals surface area contributed by atoms with Crippen LogP contribution in [0.3, 0.4) is 0 Å². The summed E-state index contributed by atoms with van der Waals surface area (Å²) in [5, 5.41) is 12.8. The molecule has 51 heavy (non-hydrogen) atoms. The van der Waals surface area contributed by atoms with Crippen LogP contribution in [0.5, 0.6) is 11.5 Å². The van der Waals surface area contributed by atoms with Gasteiger partial charge < -0.3 is 43.9 Å². The van der Waals surface area contributed by atoms with Crippen molar-refractivity contribution in [1.82, 2.24) is 10.2 Å². The number of esters is 1. The van der Waals surface area contributed by atoms with Crippen LogP contribution in [0, 0.1) is 0 Å². The molecule has 1 aliphatic rings. The Kier molecular flexibility index (Phi) is 13.8. The molecule has 0 aromatic heterocycles. The summed E-state index contributed by atoms with van der Waals surface area (Å²) in [5.41, 5.74) is 3.72. The number of benzene rings is 3. The summed E-state index contributed by atoms with van der Waals surface area (Å²) in [6, 6.07) is 14.0. The van der Waals surface area contributed by atoms with Gasteiger partial charge in [0.1, 0.15) is 17.6 Å². The van der Waals surface area contributed by atoms with Gasteiger partial charge in [0.2, 0.25) is 0 Å². The van der Waals surface area contributed by atoms with E-state index < -0.39 is 30.1 Å². The smallest absolute Gasteiger partial charge is 0.407 e. The Morgan fingerprint density at radius 3 is 2.08 bits per heavy atom. The van der Waals surface area contributed by atoms with Crippen molar-refractivity contribution in [3.8, 4) is 11.5 Å². The average Bonchev–Trinajstić information content (AvgIpc) is 3.34. The molecule has 0 spiro atoms. The normalized spacial score (nSPS) is 15.8. The van der Waals surface area contributed by atoms with Gasteiger partial charge in [-0.05, 0) is 79.3 Å². The van der Waals surface area contributed by atoms with Crippen LogP contribution in [0.1, 0.15) is 74.5 Å². The van der Waals surface area contributed by atoms with E-state index in [4.69, 9.17) is 23.7 Å². The Labute approximate surface area is 298 Å². The number of rotatable bonds is 15. The molecule has 0 radical (unpaired) electrons. The fourth-order valence-corrected chi connectivity index (χ4v) is 5.89. The molecular formula is C38H47N3O10. The monoisotopic (exact) mass is 705 g/mol. The first-order valence-electron chi connectivity index (χ1n) is 16.9. The van der Waals surface area contributed by atoms with E-state index >= 15 is 0 Å². The summed E-state index contributed by atoms with van der Waals surface area (Å²) in [6.07, 6.45) is 0.0258. The molecule has 1 aliphatic heterocycles. The van der Waals surface area contributed by atoms with E-state index in [1.165, 1.54) is 43.4 Å². The molecule has 1 saturated heterocycles. The summed E-state index contributed by atoms with van der Waals surface area (Å²) in [6.45, 7) is 4.11. The second-order valence-corrected chi connectivity index (χ2v) is 12.3. The molecule has 2 N–H and O–H groups in total. The predicted molar refractivity (Wildman–Crippen MR) is 190 cm³/mol. The van der Waals surface area contributed by atoms with E-state index in [1.807, 2.05) is 38.9 Å². The van der Waals surface area contributed by atoms with Crippen LogP contribution in [0.4, 0.5) is 10.5 Å². The third-order valence-corrected chi connectivity index (χ3v) is 8.66. The number of nitrogens with zero attached hydrogens (tertiary/aromatic N) is 2. The molecule has 1 fully saturated rings. The lowest BCUT2D eigenvalue weighted by Gasteiger charge is -2.28. The van der Waals surface area contributed by atoms with Crippen molar-refractivity contribution in [2.24, 2.45) is 0 Å². The number of aryl methyl sites for hydroxylation is 2. The van der Waals surface area contributed by atoms with Crippen LogP contribution in [-0.4, -0.2) is 101 Å². The zero-order chi connectivity index (χ0) is 37.1. The number of anilines is 1. The first-order valence-corrected chi connectivity index (χ1v) is 16.9. The largest absolute Gasteiger partial charge is 0.467 e. The van der Waals surface area contributed by atoms with Gasteiger partial charge in [-0.1, -0.05) is 26.0 Å². The second kappa shape index (κ2) is 18.2. The summed E-state index contributed by atoms with van der Waals surface area (Å²) in [4.78, 5) is 55.8. The van der Waals surface area contributed by atoms with E-state index in [0.717, 1.165) is 16.8 Å². The van der Waals surface area contributed by atoms with E-state index in [9.17, 15) is 24.3 Å². The molecule has 3 aromatic rings. The number of hydrogen-bond acceptors (Lipinski definition) is 10. The van der Waals surface area contributed by atoms with Gasteiger partial charge in [-0.25, -0.2) is 9.59 Å². The highest BCUT2D eigenvalue weighted by atomic mass is 16.7. The number of amides is 2. The zero-order valence-corrected chi connectivity index (χ0v) is 30.0. The highest BCUT2D eigenvalue weighted by Gasteiger charge is 2.34. The van der Waals surface area contributed by atoms with Crippen molar-refractivity contribution in [3.63, 3.8) is 0 Å². The number of hydrogen-bond donors (Lipinski definition) is 2. The van der Waals surface area contributed by atoms with Gasteiger partial charge >= 0.3 is 12.1 Å². The Hall–Kier alpha value is -5.14. The predicted octanol–water partition coefficient (Wildman–Crippen LogP) is 5.17. The third-order valence-electron chi connectivity index (χ3n) is 8.66. The van der Waals surface area contributed by atoms with Gasteiger partial charge in [0, 0.05) is 58.2 Å². The Morgan fingerprint density at radius 2 is 1.49 bits per heavy atom. The van der Waals surface area contributed by atoms with Crippen molar-refractivity contribution in [1.29, 1.82) is 0 Å². The Balaban J connectivity index is 1.55. The molecule has 0 saturated carbocycles. The summed E-state index contributed by atoms with van der Waals surface area (Å²) in [7, 11) is 6.76. The topological polar surface area (TPSA) is 153 Å². The summed E-state index contributed by atoms with van der Waals surface area (Å²) >= 11 is 0. The van der Waals surface area contributed by atoms with Crippen molar-refractivity contribution in [3.05, 3.63) is 88.0 Å². The SMILES string of the molecule is CCc1cc(C(=O)N[C@@H]2CN(C(=O)O)CCC[C@H]2OC(=O)c2ccc(C(=O)c3cc(N(C)C)ccc3OCOC)cc2)cc(CC)c1OCOC. The Morgan fingerprint density at radius 1 is 0.863 bits per heavy atom. The molecule has 0 bridgehead atoms. The minimum absolute atomic E-state index is 0.0329. The maximum Gasteiger partial charge on any atom is 0.407 e. The molecule has 274 valence electrons. The van der Waals surface area contributed by atoms with Crippen LogP contribution >= 0.6 is 0 Å². The molecule has 2 atom stereocenters. The number of carbonyl (C=O) groups is 4. The van der Waals surface area contributed by atoms with Crippen LogP contribution in [-0.2, 0) is 27.1 Å². The maximum atomic E-state index is 13.7. The zero-order valence-electron chi connectivity index (χ0n) is 30.0. The second-order valence-electron chi connectivity index (χ2n) is 12.3. The molecule has 13 heteroatoms. The minimum atomic E-state index is -1.13. The fourth-order valence-electron chi connectivity index (χ4n) is 5.89. The highest BCUT2D eigenvalue weighted by Crippen LogP contribution is 2.29. The van der Waals surface area contributed by atoms with Crippen molar-refractivity contribution >= 4 is 29.4 Å².